The van der Waals surface area contributed by atoms with Crippen molar-refractivity contribution in [1.29, 1.82) is 5.41 Å². The van der Waals surface area contributed by atoms with E-state index in [9.17, 15) is 4.79 Å². The normalized spacial score (nSPS) is 9.89. The first-order chi connectivity index (χ1) is 9.08. The van der Waals surface area contributed by atoms with Crippen LogP contribution in [0.1, 0.15) is 15.9 Å². The van der Waals surface area contributed by atoms with Crippen LogP contribution in [0.25, 0.3) is 0 Å². The number of carbonyl (C=O) groups excluding carboxylic acids is 1. The van der Waals surface area contributed by atoms with Crippen molar-refractivity contribution in [3.63, 3.8) is 0 Å². The number of nitrogens with two attached hydrogens (primary N) is 2. The van der Waals surface area contributed by atoms with Gasteiger partial charge in [-0.15, -0.1) is 0 Å². The van der Waals surface area contributed by atoms with Crippen molar-refractivity contribution in [2.24, 2.45) is 5.73 Å². The maximum absolute atomic E-state index is 11.9. The van der Waals surface area contributed by atoms with Crippen LogP contribution in [0.5, 0.6) is 5.75 Å². The summed E-state index contributed by atoms with van der Waals surface area (Å²) in [6.07, 6.45) is 0. The fourth-order valence-electron chi connectivity index (χ4n) is 1.56. The molecule has 0 aliphatic heterocycles. The number of nitrogen functional groups attached to an aromatic ring is 2. The number of hydrogen-bond donors (Lipinski definition) is 3. The zero-order valence-corrected chi connectivity index (χ0v) is 10.1. The molecular formula is C14H13N3O2. The summed E-state index contributed by atoms with van der Waals surface area (Å²) in [4.78, 5) is 11.9. The maximum atomic E-state index is 11.9. The van der Waals surface area contributed by atoms with Crippen LogP contribution < -0.4 is 16.2 Å². The van der Waals surface area contributed by atoms with Gasteiger partial charge in [-0.25, -0.2) is 4.79 Å². The first-order valence-electron chi connectivity index (χ1n) is 5.59. The Morgan fingerprint density at radius 2 is 1.68 bits per heavy atom. The van der Waals surface area contributed by atoms with Gasteiger partial charge in [0.05, 0.1) is 11.1 Å². The number of benzene rings is 2. The number of nitrogens with one attached hydrogen (secondary N) is 1. The van der Waals surface area contributed by atoms with Gasteiger partial charge in [0.25, 0.3) is 0 Å². The van der Waals surface area contributed by atoms with Crippen LogP contribution in [0.15, 0.2) is 48.5 Å². The third-order valence-corrected chi connectivity index (χ3v) is 2.53. The van der Waals surface area contributed by atoms with E-state index in [-0.39, 0.29) is 11.6 Å². The van der Waals surface area contributed by atoms with Gasteiger partial charge < -0.3 is 16.2 Å². The van der Waals surface area contributed by atoms with Gasteiger partial charge in [0, 0.05) is 5.69 Å². The number of hydrogen-bond acceptors (Lipinski definition) is 4. The highest BCUT2D eigenvalue weighted by Gasteiger charge is 2.12. The predicted molar refractivity (Wildman–Crippen MR) is 73.3 cm³/mol. The number of carbonyl (C=O) groups is 1. The number of para-hydroxylation sites is 1. The molecule has 0 saturated heterocycles. The van der Waals surface area contributed by atoms with Crippen LogP contribution in [0.2, 0.25) is 0 Å². The Balaban J connectivity index is 2.24. The van der Waals surface area contributed by atoms with E-state index in [1.54, 1.807) is 48.5 Å². The van der Waals surface area contributed by atoms with E-state index in [0.717, 1.165) is 0 Å². The van der Waals surface area contributed by atoms with Gasteiger partial charge >= 0.3 is 5.97 Å². The molecule has 0 heterocycles. The van der Waals surface area contributed by atoms with Crippen molar-refractivity contribution in [2.45, 2.75) is 0 Å². The van der Waals surface area contributed by atoms with Gasteiger partial charge in [-0.05, 0) is 36.4 Å². The highest BCUT2D eigenvalue weighted by molar-refractivity contribution is 5.99. The summed E-state index contributed by atoms with van der Waals surface area (Å²) in [5.74, 6) is -0.411. The molecule has 2 aromatic rings. The summed E-state index contributed by atoms with van der Waals surface area (Å²) in [5.41, 5.74) is 12.3. The standard InChI is InChI=1S/C14H13N3O2/c15-10-7-5-9(6-8-10)14(18)19-12-4-2-1-3-11(12)13(16)17/h1-8H,15H2,(H3,16,17). The lowest BCUT2D eigenvalue weighted by Crippen LogP contribution is -2.15. The second-order valence-corrected chi connectivity index (χ2v) is 3.92. The van der Waals surface area contributed by atoms with E-state index in [1.807, 2.05) is 0 Å². The van der Waals surface area contributed by atoms with Crippen LogP contribution in [0.3, 0.4) is 0 Å². The zero-order valence-electron chi connectivity index (χ0n) is 10.1. The maximum Gasteiger partial charge on any atom is 0.343 e. The molecule has 0 atom stereocenters. The molecule has 0 aliphatic carbocycles. The summed E-state index contributed by atoms with van der Waals surface area (Å²) in [6.45, 7) is 0. The Morgan fingerprint density at radius 1 is 1.05 bits per heavy atom. The molecule has 0 spiro atoms. The van der Waals surface area contributed by atoms with Crippen molar-refractivity contribution in [3.05, 3.63) is 59.7 Å². The van der Waals surface area contributed by atoms with Crippen LogP contribution >= 0.6 is 0 Å². The second-order valence-electron chi connectivity index (χ2n) is 3.92. The summed E-state index contributed by atoms with van der Waals surface area (Å²) < 4.78 is 5.23. The molecule has 0 saturated carbocycles. The molecular weight excluding hydrogens is 242 g/mol. The van der Waals surface area contributed by atoms with E-state index in [2.05, 4.69) is 0 Å². The highest BCUT2D eigenvalue weighted by Crippen LogP contribution is 2.19. The Bertz CT molecular complexity index is 621. The first kappa shape index (κ1) is 12.6. The molecule has 0 aliphatic rings. The van der Waals surface area contributed by atoms with Crippen molar-refractivity contribution < 1.29 is 9.53 Å². The lowest BCUT2D eigenvalue weighted by atomic mass is 10.2. The molecule has 2 rings (SSSR count). The minimum absolute atomic E-state index is 0.152. The van der Waals surface area contributed by atoms with E-state index >= 15 is 0 Å². The molecule has 5 N–H and O–H groups in total. The van der Waals surface area contributed by atoms with Crippen LogP contribution in [0.4, 0.5) is 5.69 Å². The lowest BCUT2D eigenvalue weighted by molar-refractivity contribution is 0.0734. The molecule has 0 fully saturated rings. The third kappa shape index (κ3) is 2.90. The zero-order chi connectivity index (χ0) is 13.8. The van der Waals surface area contributed by atoms with Crippen LogP contribution in [-0.2, 0) is 0 Å². The Hall–Kier alpha value is -2.82. The van der Waals surface area contributed by atoms with Gasteiger partial charge in [-0.1, -0.05) is 12.1 Å². The largest absolute Gasteiger partial charge is 0.422 e. The molecule has 5 heteroatoms. The minimum Gasteiger partial charge on any atom is -0.422 e. The molecule has 5 nitrogen and oxygen atoms in total. The van der Waals surface area contributed by atoms with Crippen molar-refractivity contribution in [1.82, 2.24) is 0 Å². The lowest BCUT2D eigenvalue weighted by Gasteiger charge is -2.08. The molecule has 2 aromatic carbocycles. The monoisotopic (exact) mass is 255 g/mol. The average Bonchev–Trinajstić information content (AvgIpc) is 2.39. The van der Waals surface area contributed by atoms with E-state index in [4.69, 9.17) is 21.6 Å². The quantitative estimate of drug-likeness (QED) is 0.256. The average molecular weight is 255 g/mol. The number of anilines is 1. The van der Waals surface area contributed by atoms with Gasteiger partial charge in [-0.2, -0.15) is 0 Å². The predicted octanol–water partition coefficient (Wildman–Crippen LogP) is 1.77. The summed E-state index contributed by atoms with van der Waals surface area (Å²) >= 11 is 0. The second kappa shape index (κ2) is 5.22. The van der Waals surface area contributed by atoms with Crippen molar-refractivity contribution >= 4 is 17.5 Å². The fraction of sp³-hybridized carbons (Fsp3) is 0. The summed E-state index contributed by atoms with van der Waals surface area (Å²) in [7, 11) is 0. The van der Waals surface area contributed by atoms with E-state index in [1.165, 1.54) is 0 Å². The Kier molecular flexibility index (Phi) is 3.47. The van der Waals surface area contributed by atoms with Crippen molar-refractivity contribution in [3.8, 4) is 5.75 Å². The Labute approximate surface area is 110 Å². The SMILES string of the molecule is N=C(N)c1ccccc1OC(=O)c1ccc(N)cc1. The Morgan fingerprint density at radius 3 is 2.32 bits per heavy atom. The van der Waals surface area contributed by atoms with Gasteiger partial charge in [0.1, 0.15) is 11.6 Å². The van der Waals surface area contributed by atoms with Crippen LogP contribution in [-0.4, -0.2) is 11.8 Å². The smallest absolute Gasteiger partial charge is 0.343 e. The number of ether oxygens (including phenoxy) is 1. The first-order valence-corrected chi connectivity index (χ1v) is 5.59. The van der Waals surface area contributed by atoms with Gasteiger partial charge in [-0.3, -0.25) is 5.41 Å². The van der Waals surface area contributed by atoms with Crippen LogP contribution in [0, 0.1) is 5.41 Å². The highest BCUT2D eigenvalue weighted by atomic mass is 16.5. The fourth-order valence-corrected chi connectivity index (χ4v) is 1.56. The van der Waals surface area contributed by atoms with Gasteiger partial charge in [0.2, 0.25) is 0 Å². The molecule has 0 unspecified atom stereocenters. The molecule has 0 bridgehead atoms. The number of rotatable bonds is 3. The molecule has 96 valence electrons. The summed E-state index contributed by atoms with van der Waals surface area (Å²) in [6, 6.07) is 13.0. The van der Waals surface area contributed by atoms with Gasteiger partial charge in [0.15, 0.2) is 0 Å². The van der Waals surface area contributed by atoms with E-state index < -0.39 is 5.97 Å². The minimum atomic E-state index is -0.520. The third-order valence-electron chi connectivity index (χ3n) is 2.53. The molecule has 0 aromatic heterocycles. The summed E-state index contributed by atoms with van der Waals surface area (Å²) in [5, 5.41) is 7.42. The topological polar surface area (TPSA) is 102 Å². The van der Waals surface area contributed by atoms with Crippen molar-refractivity contribution in [2.75, 3.05) is 5.73 Å². The van der Waals surface area contributed by atoms with E-state index in [0.29, 0.717) is 16.8 Å². The molecule has 0 amide bonds. The molecule has 19 heavy (non-hydrogen) atoms. The number of esters is 1. The number of amidine groups is 1. The molecule has 0 radical (unpaired) electrons.